The lowest BCUT2D eigenvalue weighted by atomic mass is 10.2. The monoisotopic (exact) mass is 269 g/mol. The smallest absolute Gasteiger partial charge is 0.335 e. The van der Waals surface area contributed by atoms with Crippen molar-refractivity contribution in [3.05, 3.63) is 33.9 Å². The molecule has 0 aromatic heterocycles. The summed E-state index contributed by atoms with van der Waals surface area (Å²) in [5, 5.41) is 19.7. The van der Waals surface area contributed by atoms with Gasteiger partial charge in [-0.1, -0.05) is 20.3 Å². The zero-order valence-electron chi connectivity index (χ0n) is 10.3. The Kier molecular flexibility index (Phi) is 5.15. The molecule has 1 aromatic rings. The van der Waals surface area contributed by atoms with Crippen molar-refractivity contribution in [1.82, 2.24) is 0 Å². The van der Waals surface area contributed by atoms with Gasteiger partial charge in [0.15, 0.2) is 0 Å². The first kappa shape index (κ1) is 14.5. The minimum atomic E-state index is -1.07. The van der Waals surface area contributed by atoms with Crippen LogP contribution in [0.4, 0.5) is 5.69 Å². The van der Waals surface area contributed by atoms with Gasteiger partial charge in [-0.3, -0.25) is 10.1 Å². The molecule has 18 heavy (non-hydrogen) atoms. The summed E-state index contributed by atoms with van der Waals surface area (Å²) in [7, 11) is 0. The standard InChI is InChI=1S/C12H15NO4S/c1-3-8(2)7-18-11-6-9(12(14)15)4-5-10(11)13(16)17/h4-6,8H,3,7H2,1-2H3,(H,14,15). The van der Waals surface area contributed by atoms with E-state index in [1.54, 1.807) is 0 Å². The number of thioether (sulfide) groups is 1. The molecule has 0 saturated carbocycles. The number of benzene rings is 1. The van der Waals surface area contributed by atoms with Crippen LogP contribution in [0.2, 0.25) is 0 Å². The first-order chi connectivity index (χ1) is 8.45. The fraction of sp³-hybridized carbons (Fsp3) is 0.417. The number of carbonyl (C=O) groups is 1. The summed E-state index contributed by atoms with van der Waals surface area (Å²) in [6.45, 7) is 4.10. The highest BCUT2D eigenvalue weighted by Crippen LogP contribution is 2.31. The Bertz CT molecular complexity index is 461. The molecule has 0 amide bonds. The molecule has 0 aliphatic rings. The van der Waals surface area contributed by atoms with Gasteiger partial charge >= 0.3 is 5.97 Å². The van der Waals surface area contributed by atoms with Gasteiger partial charge < -0.3 is 5.11 Å². The second-order valence-corrected chi connectivity index (χ2v) is 5.13. The fourth-order valence-corrected chi connectivity index (χ4v) is 2.46. The van der Waals surface area contributed by atoms with Crippen molar-refractivity contribution < 1.29 is 14.8 Å². The van der Waals surface area contributed by atoms with Gasteiger partial charge in [0, 0.05) is 11.8 Å². The highest BCUT2D eigenvalue weighted by Gasteiger charge is 2.17. The largest absolute Gasteiger partial charge is 0.478 e. The van der Waals surface area contributed by atoms with Crippen LogP contribution in [0.15, 0.2) is 23.1 Å². The van der Waals surface area contributed by atoms with Gasteiger partial charge in [0.1, 0.15) is 0 Å². The molecule has 0 spiro atoms. The molecule has 5 nitrogen and oxygen atoms in total. The van der Waals surface area contributed by atoms with Gasteiger partial charge in [0.2, 0.25) is 0 Å². The Labute approximate surface area is 109 Å². The molecule has 0 saturated heterocycles. The number of carboxylic acids is 1. The number of nitro benzene ring substituents is 1. The van der Waals surface area contributed by atoms with Gasteiger partial charge in [-0.15, -0.1) is 11.8 Å². The molecule has 0 fully saturated rings. The third kappa shape index (κ3) is 3.73. The molecular formula is C12H15NO4S. The zero-order valence-corrected chi connectivity index (χ0v) is 11.1. The van der Waals surface area contributed by atoms with E-state index < -0.39 is 10.9 Å². The number of aromatic carboxylic acids is 1. The van der Waals surface area contributed by atoms with Crippen molar-refractivity contribution >= 4 is 23.4 Å². The Hall–Kier alpha value is -1.56. The Morgan fingerprint density at radius 1 is 1.56 bits per heavy atom. The zero-order chi connectivity index (χ0) is 13.7. The molecule has 6 heteroatoms. The lowest BCUT2D eigenvalue weighted by Gasteiger charge is -2.08. The average molecular weight is 269 g/mol. The normalized spacial score (nSPS) is 12.1. The van der Waals surface area contributed by atoms with Gasteiger partial charge in [0.05, 0.1) is 15.4 Å². The summed E-state index contributed by atoms with van der Waals surface area (Å²) >= 11 is 1.33. The number of hydrogen-bond acceptors (Lipinski definition) is 4. The van der Waals surface area contributed by atoms with Crippen molar-refractivity contribution in [2.24, 2.45) is 5.92 Å². The maximum atomic E-state index is 10.9. The second-order valence-electron chi connectivity index (χ2n) is 4.07. The van der Waals surface area contributed by atoms with Crippen molar-refractivity contribution in [3.63, 3.8) is 0 Å². The van der Waals surface area contributed by atoms with E-state index in [4.69, 9.17) is 5.11 Å². The average Bonchev–Trinajstić information content (AvgIpc) is 2.35. The van der Waals surface area contributed by atoms with Crippen molar-refractivity contribution in [2.75, 3.05) is 5.75 Å². The summed E-state index contributed by atoms with van der Waals surface area (Å²) < 4.78 is 0. The van der Waals surface area contributed by atoms with Gasteiger partial charge in [0.25, 0.3) is 5.69 Å². The van der Waals surface area contributed by atoms with Crippen LogP contribution in [0.1, 0.15) is 30.6 Å². The van der Waals surface area contributed by atoms with Gasteiger partial charge in [-0.25, -0.2) is 4.79 Å². The van der Waals surface area contributed by atoms with E-state index >= 15 is 0 Å². The van der Waals surface area contributed by atoms with E-state index in [2.05, 4.69) is 6.92 Å². The molecule has 1 rings (SSSR count). The number of hydrogen-bond donors (Lipinski definition) is 1. The molecule has 1 aromatic carbocycles. The first-order valence-corrected chi connectivity index (χ1v) is 6.58. The number of nitro groups is 1. The molecule has 0 radical (unpaired) electrons. The minimum Gasteiger partial charge on any atom is -0.478 e. The molecule has 0 heterocycles. The second kappa shape index (κ2) is 6.39. The van der Waals surface area contributed by atoms with Crippen LogP contribution >= 0.6 is 11.8 Å². The predicted molar refractivity (Wildman–Crippen MR) is 70.2 cm³/mol. The molecule has 0 aliphatic carbocycles. The maximum Gasteiger partial charge on any atom is 0.335 e. The topological polar surface area (TPSA) is 80.4 Å². The van der Waals surface area contributed by atoms with Crippen molar-refractivity contribution in [2.45, 2.75) is 25.2 Å². The van der Waals surface area contributed by atoms with Crippen molar-refractivity contribution in [3.8, 4) is 0 Å². The lowest BCUT2D eigenvalue weighted by Crippen LogP contribution is -2.00. The summed E-state index contributed by atoms with van der Waals surface area (Å²) in [5.74, 6) is 0.0961. The molecular weight excluding hydrogens is 254 g/mol. The highest BCUT2D eigenvalue weighted by molar-refractivity contribution is 7.99. The van der Waals surface area contributed by atoms with E-state index in [0.29, 0.717) is 10.8 Å². The minimum absolute atomic E-state index is 0.0340. The third-order valence-electron chi connectivity index (χ3n) is 2.62. The summed E-state index contributed by atoms with van der Waals surface area (Å²) in [6.07, 6.45) is 0.986. The van der Waals surface area contributed by atoms with Crippen LogP contribution in [-0.2, 0) is 0 Å². The molecule has 1 atom stereocenters. The van der Waals surface area contributed by atoms with Crippen LogP contribution in [0.5, 0.6) is 0 Å². The third-order valence-corrected chi connectivity index (χ3v) is 4.00. The number of rotatable bonds is 6. The molecule has 1 unspecified atom stereocenters. The van der Waals surface area contributed by atoms with E-state index in [9.17, 15) is 14.9 Å². The van der Waals surface area contributed by atoms with Crippen LogP contribution in [0, 0.1) is 16.0 Å². The van der Waals surface area contributed by atoms with Gasteiger partial charge in [-0.05, 0) is 18.1 Å². The van der Waals surface area contributed by atoms with Crippen LogP contribution in [-0.4, -0.2) is 21.8 Å². The summed E-state index contributed by atoms with van der Waals surface area (Å²) in [5.41, 5.74) is 0.0422. The van der Waals surface area contributed by atoms with E-state index in [1.807, 2.05) is 6.92 Å². The SMILES string of the molecule is CCC(C)CSc1cc(C(=O)O)ccc1[N+](=O)[O-]. The maximum absolute atomic E-state index is 10.9. The van der Waals surface area contributed by atoms with E-state index in [1.165, 1.54) is 30.0 Å². The molecule has 0 bridgehead atoms. The van der Waals surface area contributed by atoms with Crippen LogP contribution in [0.3, 0.4) is 0 Å². The highest BCUT2D eigenvalue weighted by atomic mass is 32.2. The summed E-state index contributed by atoms with van der Waals surface area (Å²) in [4.78, 5) is 21.6. The lowest BCUT2D eigenvalue weighted by molar-refractivity contribution is -0.387. The first-order valence-electron chi connectivity index (χ1n) is 5.60. The van der Waals surface area contributed by atoms with Crippen LogP contribution < -0.4 is 0 Å². The number of nitrogens with zero attached hydrogens (tertiary/aromatic N) is 1. The Balaban J connectivity index is 3.00. The Morgan fingerprint density at radius 3 is 2.72 bits per heavy atom. The van der Waals surface area contributed by atoms with Gasteiger partial charge in [-0.2, -0.15) is 0 Å². The van der Waals surface area contributed by atoms with E-state index in [-0.39, 0.29) is 11.3 Å². The number of carboxylic acid groups (broad SMARTS) is 1. The predicted octanol–water partition coefficient (Wildman–Crippen LogP) is 3.43. The van der Waals surface area contributed by atoms with Crippen LogP contribution in [0.25, 0.3) is 0 Å². The quantitative estimate of drug-likeness (QED) is 0.486. The fourth-order valence-electron chi connectivity index (χ4n) is 1.26. The molecule has 1 N–H and O–H groups in total. The molecule has 0 aliphatic heterocycles. The molecule has 98 valence electrons. The van der Waals surface area contributed by atoms with E-state index in [0.717, 1.165) is 12.2 Å². The Morgan fingerprint density at radius 2 is 2.22 bits per heavy atom. The van der Waals surface area contributed by atoms with Crippen molar-refractivity contribution in [1.29, 1.82) is 0 Å². The summed E-state index contributed by atoms with van der Waals surface area (Å²) in [6, 6.07) is 3.88.